The Labute approximate surface area is 156 Å². The summed E-state index contributed by atoms with van der Waals surface area (Å²) in [5.41, 5.74) is 1.62. The zero-order chi connectivity index (χ0) is 18.5. The van der Waals surface area contributed by atoms with E-state index < -0.39 is 0 Å². The van der Waals surface area contributed by atoms with Gasteiger partial charge in [0.1, 0.15) is 5.75 Å². The predicted octanol–water partition coefficient (Wildman–Crippen LogP) is 4.44. The van der Waals surface area contributed by atoms with Crippen molar-refractivity contribution in [2.45, 2.75) is 32.7 Å². The van der Waals surface area contributed by atoms with Crippen LogP contribution in [-0.4, -0.2) is 17.1 Å². The van der Waals surface area contributed by atoms with Gasteiger partial charge in [0.15, 0.2) is 0 Å². The highest BCUT2D eigenvalue weighted by atomic mass is 32.1. The molecule has 1 heterocycles. The molecule has 0 saturated heterocycles. The van der Waals surface area contributed by atoms with Gasteiger partial charge < -0.3 is 10.1 Å². The van der Waals surface area contributed by atoms with Crippen molar-refractivity contribution < 1.29 is 9.53 Å². The topological polar surface area (TPSA) is 60.3 Å². The summed E-state index contributed by atoms with van der Waals surface area (Å²) in [4.78, 5) is 24.2. The average Bonchev–Trinajstić information content (AvgIpc) is 2.95. The Bertz CT molecular complexity index is 945. The molecule has 0 atom stereocenters. The zero-order valence-corrected chi connectivity index (χ0v) is 15.7. The van der Waals surface area contributed by atoms with Crippen LogP contribution in [0.3, 0.4) is 0 Å². The van der Waals surface area contributed by atoms with Gasteiger partial charge in [0, 0.05) is 18.2 Å². The second-order valence-corrected chi connectivity index (χ2v) is 7.32. The first-order chi connectivity index (χ1) is 12.5. The van der Waals surface area contributed by atoms with Crippen LogP contribution in [0.25, 0.3) is 10.2 Å². The molecule has 26 heavy (non-hydrogen) atoms. The van der Waals surface area contributed by atoms with Crippen LogP contribution in [0, 0.1) is 0 Å². The minimum absolute atomic E-state index is 0.0246. The number of thiazole rings is 1. The Morgan fingerprint density at radius 3 is 2.69 bits per heavy atom. The molecule has 0 bridgehead atoms. The maximum Gasteiger partial charge on any atom is 0.308 e. The Morgan fingerprint density at radius 2 is 1.96 bits per heavy atom. The van der Waals surface area contributed by atoms with Crippen LogP contribution >= 0.6 is 11.3 Å². The molecule has 0 radical (unpaired) electrons. The molecule has 1 amide bonds. The summed E-state index contributed by atoms with van der Waals surface area (Å²) in [6.07, 6.45) is 1.02. The van der Waals surface area contributed by atoms with Crippen molar-refractivity contribution in [3.63, 3.8) is 0 Å². The lowest BCUT2D eigenvalue weighted by Crippen LogP contribution is -2.14. The molecule has 0 aliphatic carbocycles. The van der Waals surface area contributed by atoms with E-state index in [1.54, 1.807) is 4.57 Å². The summed E-state index contributed by atoms with van der Waals surface area (Å²) < 4.78 is 8.24. The fourth-order valence-corrected chi connectivity index (χ4v) is 3.82. The van der Waals surface area contributed by atoms with E-state index in [-0.39, 0.29) is 16.8 Å². The number of amides is 1. The van der Waals surface area contributed by atoms with Crippen LogP contribution in [0.2, 0.25) is 0 Å². The molecule has 1 aromatic heterocycles. The largest absolute Gasteiger partial charge is 0.494 e. The fourth-order valence-electron chi connectivity index (χ4n) is 2.77. The molecule has 5 nitrogen and oxygen atoms in total. The summed E-state index contributed by atoms with van der Waals surface area (Å²) in [6, 6.07) is 15.3. The molecule has 0 unspecified atom stereocenters. The van der Waals surface area contributed by atoms with E-state index in [4.69, 9.17) is 4.74 Å². The lowest BCUT2D eigenvalue weighted by Gasteiger charge is -2.09. The van der Waals surface area contributed by atoms with Crippen molar-refractivity contribution in [3.8, 4) is 5.75 Å². The number of hydrogen-bond donors (Lipinski definition) is 1. The summed E-state index contributed by atoms with van der Waals surface area (Å²) in [5.74, 6) is 0.750. The summed E-state index contributed by atoms with van der Waals surface area (Å²) in [5, 5.41) is 2.89. The third kappa shape index (κ3) is 4.32. The van der Waals surface area contributed by atoms with Crippen molar-refractivity contribution in [1.29, 1.82) is 0 Å². The maximum absolute atomic E-state index is 12.1. The minimum atomic E-state index is -0.0587. The van der Waals surface area contributed by atoms with Gasteiger partial charge in [-0.2, -0.15) is 0 Å². The fraction of sp³-hybridized carbons (Fsp3) is 0.300. The molecule has 0 spiro atoms. The number of carbonyl (C=O) groups is 1. The van der Waals surface area contributed by atoms with Crippen LogP contribution in [-0.2, 0) is 4.79 Å². The van der Waals surface area contributed by atoms with Gasteiger partial charge in [-0.25, -0.2) is 0 Å². The Hall–Kier alpha value is -2.60. The molecule has 6 heteroatoms. The predicted molar refractivity (Wildman–Crippen MR) is 106 cm³/mol. The molecule has 0 aliphatic heterocycles. The van der Waals surface area contributed by atoms with E-state index in [9.17, 15) is 9.59 Å². The highest BCUT2D eigenvalue weighted by Gasteiger charge is 2.11. The van der Waals surface area contributed by atoms with Crippen molar-refractivity contribution in [3.05, 3.63) is 58.2 Å². The van der Waals surface area contributed by atoms with Crippen molar-refractivity contribution in [2.75, 3.05) is 11.9 Å². The molecule has 1 N–H and O–H groups in total. The average molecular weight is 370 g/mol. The van der Waals surface area contributed by atoms with E-state index in [2.05, 4.69) is 5.32 Å². The van der Waals surface area contributed by atoms with E-state index in [0.29, 0.717) is 25.1 Å². The molecule has 3 rings (SSSR count). The van der Waals surface area contributed by atoms with Gasteiger partial charge in [0.25, 0.3) is 0 Å². The monoisotopic (exact) mass is 370 g/mol. The first-order valence-electron chi connectivity index (χ1n) is 8.67. The Kier molecular flexibility index (Phi) is 5.73. The number of hydrogen-bond acceptors (Lipinski definition) is 4. The number of nitrogens with one attached hydrogen (secondary N) is 1. The molecule has 2 aromatic carbocycles. The minimum Gasteiger partial charge on any atom is -0.494 e. The number of nitrogens with zero attached hydrogens (tertiary/aromatic N) is 1. The second-order valence-electron chi connectivity index (χ2n) is 6.33. The number of para-hydroxylation sites is 1. The third-order valence-corrected chi connectivity index (χ3v) is 4.89. The number of rotatable bonds is 7. The van der Waals surface area contributed by atoms with Crippen molar-refractivity contribution >= 4 is 33.1 Å². The number of fused-ring (bicyclic) bond motifs is 1. The van der Waals surface area contributed by atoms with Gasteiger partial charge in [0.05, 0.1) is 16.8 Å². The first kappa shape index (κ1) is 18.2. The number of benzene rings is 2. The summed E-state index contributed by atoms with van der Waals surface area (Å²) in [6.45, 7) is 4.47. The highest BCUT2D eigenvalue weighted by molar-refractivity contribution is 7.16. The van der Waals surface area contributed by atoms with Crippen molar-refractivity contribution in [2.24, 2.45) is 0 Å². The third-order valence-electron chi connectivity index (χ3n) is 3.97. The number of anilines is 1. The van der Waals surface area contributed by atoms with Gasteiger partial charge in [-0.15, -0.1) is 0 Å². The SMILES string of the molecule is CC(C)n1c(=O)sc2cc(NC(=O)CCCOc3ccccc3)ccc21. The molecular formula is C20H22N2O3S. The van der Waals surface area contributed by atoms with E-state index in [0.717, 1.165) is 16.0 Å². The number of carbonyl (C=O) groups excluding carboxylic acids is 1. The van der Waals surface area contributed by atoms with E-state index in [1.807, 2.05) is 62.4 Å². The van der Waals surface area contributed by atoms with E-state index >= 15 is 0 Å². The molecular weight excluding hydrogens is 348 g/mol. The normalized spacial score (nSPS) is 11.0. The second kappa shape index (κ2) is 8.19. The molecule has 136 valence electrons. The van der Waals surface area contributed by atoms with E-state index in [1.165, 1.54) is 11.3 Å². The zero-order valence-electron chi connectivity index (χ0n) is 14.9. The van der Waals surface area contributed by atoms with Gasteiger partial charge in [-0.3, -0.25) is 14.2 Å². The Balaban J connectivity index is 1.55. The van der Waals surface area contributed by atoms with Gasteiger partial charge in [-0.05, 0) is 50.6 Å². The maximum atomic E-state index is 12.1. The Morgan fingerprint density at radius 1 is 1.19 bits per heavy atom. The number of ether oxygens (including phenoxy) is 1. The van der Waals surface area contributed by atoms with Gasteiger partial charge >= 0.3 is 4.87 Å². The summed E-state index contributed by atoms with van der Waals surface area (Å²) >= 11 is 1.20. The molecule has 3 aromatic rings. The van der Waals surface area contributed by atoms with Crippen LogP contribution in [0.15, 0.2) is 53.3 Å². The lowest BCUT2D eigenvalue weighted by molar-refractivity contribution is -0.116. The molecule has 0 aliphatic rings. The first-order valence-corrected chi connectivity index (χ1v) is 9.49. The molecule has 0 saturated carbocycles. The highest BCUT2D eigenvalue weighted by Crippen LogP contribution is 2.24. The summed E-state index contributed by atoms with van der Waals surface area (Å²) in [7, 11) is 0. The van der Waals surface area contributed by atoms with Gasteiger partial charge in [0.2, 0.25) is 5.91 Å². The van der Waals surface area contributed by atoms with Crippen LogP contribution in [0.5, 0.6) is 5.75 Å². The smallest absolute Gasteiger partial charge is 0.308 e. The van der Waals surface area contributed by atoms with Crippen LogP contribution in [0.4, 0.5) is 5.69 Å². The van der Waals surface area contributed by atoms with Crippen molar-refractivity contribution in [1.82, 2.24) is 4.57 Å². The quantitative estimate of drug-likeness (QED) is 0.626. The van der Waals surface area contributed by atoms with Crippen LogP contribution < -0.4 is 14.9 Å². The number of aromatic nitrogens is 1. The van der Waals surface area contributed by atoms with Crippen LogP contribution in [0.1, 0.15) is 32.7 Å². The van der Waals surface area contributed by atoms with Gasteiger partial charge in [-0.1, -0.05) is 29.5 Å². The lowest BCUT2D eigenvalue weighted by atomic mass is 10.2. The molecule has 0 fully saturated rings. The standard InChI is InChI=1S/C20H22N2O3S/c1-14(2)22-17-11-10-15(13-18(17)26-20(22)24)21-19(23)9-6-12-25-16-7-4-3-5-8-16/h3-5,7-8,10-11,13-14H,6,9,12H2,1-2H3,(H,21,23).